The number of furan rings is 1. The Morgan fingerprint density at radius 2 is 2.04 bits per heavy atom. The molecule has 0 atom stereocenters. The number of nitrogens with two attached hydrogens (primary N) is 1. The van der Waals surface area contributed by atoms with Crippen molar-refractivity contribution in [3.63, 3.8) is 0 Å². The molecule has 0 saturated carbocycles. The van der Waals surface area contributed by atoms with Gasteiger partial charge in [-0.2, -0.15) is 4.98 Å². The molecule has 0 aliphatic heterocycles. The van der Waals surface area contributed by atoms with Gasteiger partial charge in [-0.1, -0.05) is 26.0 Å². The fourth-order valence-corrected chi connectivity index (χ4v) is 2.94. The number of carbonyl (C=O) groups is 1. The molecule has 0 radical (unpaired) electrons. The van der Waals surface area contributed by atoms with E-state index in [4.69, 9.17) is 14.9 Å². The molecule has 0 aliphatic rings. The minimum atomic E-state index is -0.0686. The number of hydrogen-bond acceptors (Lipinski definition) is 6. The van der Waals surface area contributed by atoms with Crippen LogP contribution in [0.3, 0.4) is 0 Å². The van der Waals surface area contributed by atoms with E-state index in [0.717, 1.165) is 11.3 Å². The van der Waals surface area contributed by atoms with Crippen LogP contribution < -0.4 is 10.5 Å². The zero-order valence-corrected chi connectivity index (χ0v) is 16.3. The number of anilines is 1. The maximum absolute atomic E-state index is 13.2. The Balaban J connectivity index is 1.90. The Labute approximate surface area is 164 Å². The average Bonchev–Trinajstić information content (AvgIpc) is 3.19. The molecule has 1 amide bonds. The lowest BCUT2D eigenvalue weighted by Crippen LogP contribution is -2.33. The molecule has 3 aromatic rings. The van der Waals surface area contributed by atoms with Crippen molar-refractivity contribution >= 4 is 11.9 Å². The van der Waals surface area contributed by atoms with Crippen LogP contribution in [-0.2, 0) is 6.54 Å². The number of methoxy groups -OCH3 is 1. The van der Waals surface area contributed by atoms with E-state index in [2.05, 4.69) is 23.8 Å². The minimum absolute atomic E-state index is 0.0686. The van der Waals surface area contributed by atoms with Crippen LogP contribution in [0, 0.1) is 5.92 Å². The smallest absolute Gasteiger partial charge is 0.254 e. The molecule has 0 unspecified atom stereocenters. The van der Waals surface area contributed by atoms with E-state index in [9.17, 15) is 4.79 Å². The van der Waals surface area contributed by atoms with Crippen molar-refractivity contribution in [1.29, 1.82) is 0 Å². The van der Waals surface area contributed by atoms with Crippen molar-refractivity contribution < 1.29 is 13.9 Å². The lowest BCUT2D eigenvalue weighted by molar-refractivity contribution is 0.0710. The molecule has 2 aromatic heterocycles. The molecule has 1 aromatic carbocycles. The van der Waals surface area contributed by atoms with Gasteiger partial charge in [-0.05, 0) is 30.2 Å². The Hall–Kier alpha value is -3.35. The summed E-state index contributed by atoms with van der Waals surface area (Å²) in [7, 11) is 1.52. The van der Waals surface area contributed by atoms with Crippen molar-refractivity contribution in [2.45, 2.75) is 20.4 Å². The highest BCUT2D eigenvalue weighted by atomic mass is 16.5. The highest BCUT2D eigenvalue weighted by Gasteiger charge is 2.19. The SMILES string of the molecule is COc1cc(-c2cccc(C(=O)N(Cc3ccco3)CC(C)C)c2)nc(N)n1. The molecular formula is C21H24N4O3. The van der Waals surface area contributed by atoms with E-state index in [-0.39, 0.29) is 11.9 Å². The summed E-state index contributed by atoms with van der Waals surface area (Å²) < 4.78 is 10.6. The van der Waals surface area contributed by atoms with Crippen LogP contribution in [0.5, 0.6) is 5.88 Å². The fraction of sp³-hybridized carbons (Fsp3) is 0.286. The van der Waals surface area contributed by atoms with Gasteiger partial charge in [-0.25, -0.2) is 4.98 Å². The van der Waals surface area contributed by atoms with E-state index in [1.807, 2.05) is 24.3 Å². The van der Waals surface area contributed by atoms with Crippen molar-refractivity contribution in [3.8, 4) is 17.1 Å². The predicted octanol–water partition coefficient (Wildman–Crippen LogP) is 3.63. The molecule has 0 bridgehead atoms. The summed E-state index contributed by atoms with van der Waals surface area (Å²) in [6.45, 7) is 5.20. The number of carbonyl (C=O) groups excluding carboxylic acids is 1. The Kier molecular flexibility index (Phi) is 5.93. The van der Waals surface area contributed by atoms with Crippen LogP contribution in [0.2, 0.25) is 0 Å². The Bertz CT molecular complexity index is 939. The second-order valence-electron chi connectivity index (χ2n) is 6.89. The highest BCUT2D eigenvalue weighted by molar-refractivity contribution is 5.95. The largest absolute Gasteiger partial charge is 0.481 e. The van der Waals surface area contributed by atoms with Gasteiger partial charge in [0.15, 0.2) is 0 Å². The normalized spacial score (nSPS) is 10.9. The van der Waals surface area contributed by atoms with Crippen molar-refractivity contribution in [2.75, 3.05) is 19.4 Å². The monoisotopic (exact) mass is 380 g/mol. The standard InChI is InChI=1S/C21H24N4O3/c1-14(2)12-25(13-17-8-5-9-28-17)20(26)16-7-4-6-15(10-16)18-11-19(27-3)24-21(22)23-18/h4-11,14H,12-13H2,1-3H3,(H2,22,23,24). The third-order valence-electron chi connectivity index (χ3n) is 4.13. The van der Waals surface area contributed by atoms with Crippen LogP contribution in [-0.4, -0.2) is 34.4 Å². The molecule has 0 aliphatic carbocycles. The van der Waals surface area contributed by atoms with Crippen LogP contribution in [0.15, 0.2) is 53.1 Å². The van der Waals surface area contributed by atoms with Gasteiger partial charge in [0.05, 0.1) is 25.6 Å². The van der Waals surface area contributed by atoms with E-state index in [1.165, 1.54) is 7.11 Å². The van der Waals surface area contributed by atoms with Gasteiger partial charge in [-0.3, -0.25) is 4.79 Å². The predicted molar refractivity (Wildman–Crippen MR) is 107 cm³/mol. The second-order valence-corrected chi connectivity index (χ2v) is 6.89. The second kappa shape index (κ2) is 8.56. The zero-order chi connectivity index (χ0) is 20.1. The first-order valence-corrected chi connectivity index (χ1v) is 9.07. The summed E-state index contributed by atoms with van der Waals surface area (Å²) in [5, 5.41) is 0. The molecular weight excluding hydrogens is 356 g/mol. The number of benzene rings is 1. The third-order valence-corrected chi connectivity index (χ3v) is 4.13. The topological polar surface area (TPSA) is 94.5 Å². The van der Waals surface area contributed by atoms with Gasteiger partial charge in [0, 0.05) is 23.7 Å². The van der Waals surface area contributed by atoms with Crippen molar-refractivity contribution in [1.82, 2.24) is 14.9 Å². The molecule has 28 heavy (non-hydrogen) atoms. The number of hydrogen-bond donors (Lipinski definition) is 1. The summed E-state index contributed by atoms with van der Waals surface area (Å²) >= 11 is 0. The lowest BCUT2D eigenvalue weighted by atomic mass is 10.1. The van der Waals surface area contributed by atoms with Crippen LogP contribution in [0.25, 0.3) is 11.3 Å². The van der Waals surface area contributed by atoms with Crippen molar-refractivity contribution in [3.05, 3.63) is 60.1 Å². The van der Waals surface area contributed by atoms with Crippen LogP contribution >= 0.6 is 0 Å². The number of ether oxygens (including phenoxy) is 1. The number of nitrogen functional groups attached to an aromatic ring is 1. The van der Waals surface area contributed by atoms with Gasteiger partial charge >= 0.3 is 0 Å². The number of aromatic nitrogens is 2. The Morgan fingerprint density at radius 3 is 2.71 bits per heavy atom. The molecule has 146 valence electrons. The molecule has 0 spiro atoms. The fourth-order valence-electron chi connectivity index (χ4n) is 2.94. The van der Waals surface area contributed by atoms with Gasteiger partial charge < -0.3 is 19.8 Å². The summed E-state index contributed by atoms with van der Waals surface area (Å²) in [6.07, 6.45) is 1.61. The van der Waals surface area contributed by atoms with Gasteiger partial charge in [0.2, 0.25) is 11.8 Å². The lowest BCUT2D eigenvalue weighted by Gasteiger charge is -2.24. The molecule has 3 rings (SSSR count). The molecule has 0 fully saturated rings. The first-order chi connectivity index (χ1) is 13.5. The summed E-state index contributed by atoms with van der Waals surface area (Å²) in [6, 6.07) is 12.7. The summed E-state index contributed by atoms with van der Waals surface area (Å²) in [5.74, 6) is 1.50. The van der Waals surface area contributed by atoms with E-state index < -0.39 is 0 Å². The summed E-state index contributed by atoms with van der Waals surface area (Å²) in [4.78, 5) is 23.2. The van der Waals surface area contributed by atoms with E-state index in [0.29, 0.717) is 36.1 Å². The highest BCUT2D eigenvalue weighted by Crippen LogP contribution is 2.23. The van der Waals surface area contributed by atoms with Crippen molar-refractivity contribution in [2.24, 2.45) is 5.92 Å². The molecule has 2 N–H and O–H groups in total. The van der Waals surface area contributed by atoms with Crippen LogP contribution in [0.1, 0.15) is 30.0 Å². The number of nitrogens with zero attached hydrogens (tertiary/aromatic N) is 3. The Morgan fingerprint density at radius 1 is 1.21 bits per heavy atom. The first-order valence-electron chi connectivity index (χ1n) is 9.07. The van der Waals surface area contributed by atoms with Gasteiger partial charge in [0.25, 0.3) is 5.91 Å². The summed E-state index contributed by atoms with van der Waals surface area (Å²) in [5.41, 5.74) is 7.69. The zero-order valence-electron chi connectivity index (χ0n) is 16.3. The number of rotatable bonds is 7. The molecule has 2 heterocycles. The van der Waals surface area contributed by atoms with Gasteiger partial charge in [0.1, 0.15) is 5.76 Å². The molecule has 7 nitrogen and oxygen atoms in total. The first kappa shape index (κ1) is 19.4. The van der Waals surface area contributed by atoms with E-state index in [1.54, 1.807) is 29.4 Å². The third kappa shape index (κ3) is 4.68. The average molecular weight is 380 g/mol. The maximum Gasteiger partial charge on any atom is 0.254 e. The molecule has 7 heteroatoms. The molecule has 0 saturated heterocycles. The maximum atomic E-state index is 13.2. The minimum Gasteiger partial charge on any atom is -0.481 e. The van der Waals surface area contributed by atoms with E-state index >= 15 is 0 Å². The van der Waals surface area contributed by atoms with Gasteiger partial charge in [-0.15, -0.1) is 0 Å². The van der Waals surface area contributed by atoms with Crippen LogP contribution in [0.4, 0.5) is 5.95 Å². The quantitative estimate of drug-likeness (QED) is 0.673. The number of amides is 1.